The highest BCUT2D eigenvalue weighted by Gasteiger charge is 2.34. The molecule has 3 rings (SSSR count). The number of pyridine rings is 1. The first kappa shape index (κ1) is 12.0. The molecule has 0 aliphatic heterocycles. The number of nitrogens with zero attached hydrogens (tertiary/aromatic N) is 2. The molecule has 3 atom stereocenters. The largest absolute Gasteiger partial charge is 0.276 e. The minimum absolute atomic E-state index is 0.479. The first-order chi connectivity index (χ1) is 8.74. The van der Waals surface area contributed by atoms with Crippen molar-refractivity contribution in [1.29, 1.82) is 0 Å². The Bertz CT molecular complexity index is 493. The summed E-state index contributed by atoms with van der Waals surface area (Å²) < 4.78 is 0. The normalized spacial score (nSPS) is 29.3. The van der Waals surface area contributed by atoms with Crippen molar-refractivity contribution < 1.29 is 0 Å². The standard InChI is InChI=1S/C13H13Cl2N3/c14-11-6-16-7-12(15)13(11)18-17-5-10-4-8-1-2-9(10)3-8/h1-2,5-10H,3-4H2,(H,16,18)/b17-5-/t8-,9-,10-/m0/s1. The van der Waals surface area contributed by atoms with Crippen molar-refractivity contribution in [3.05, 3.63) is 34.6 Å². The highest BCUT2D eigenvalue weighted by molar-refractivity contribution is 6.38. The molecule has 1 fully saturated rings. The summed E-state index contributed by atoms with van der Waals surface area (Å²) in [5.41, 5.74) is 3.52. The predicted octanol–water partition coefficient (Wildman–Crippen LogP) is 4.00. The van der Waals surface area contributed by atoms with Crippen LogP contribution in [0.25, 0.3) is 0 Å². The highest BCUT2D eigenvalue weighted by atomic mass is 35.5. The van der Waals surface area contributed by atoms with Crippen LogP contribution in [0.5, 0.6) is 0 Å². The van der Waals surface area contributed by atoms with Gasteiger partial charge in [0.25, 0.3) is 0 Å². The third kappa shape index (κ3) is 2.25. The van der Waals surface area contributed by atoms with Gasteiger partial charge in [-0.1, -0.05) is 35.4 Å². The van der Waals surface area contributed by atoms with E-state index in [-0.39, 0.29) is 0 Å². The maximum atomic E-state index is 5.99. The number of fused-ring (bicyclic) bond motifs is 2. The van der Waals surface area contributed by atoms with E-state index >= 15 is 0 Å². The van der Waals surface area contributed by atoms with Gasteiger partial charge in [0.15, 0.2) is 0 Å². The van der Waals surface area contributed by atoms with Crippen LogP contribution in [0, 0.1) is 17.8 Å². The molecule has 1 N–H and O–H groups in total. The van der Waals surface area contributed by atoms with Gasteiger partial charge in [-0.25, -0.2) is 0 Å². The second-order valence-corrected chi connectivity index (χ2v) is 5.63. The maximum absolute atomic E-state index is 5.99. The minimum atomic E-state index is 0.479. The van der Waals surface area contributed by atoms with Crippen LogP contribution >= 0.6 is 23.2 Å². The van der Waals surface area contributed by atoms with Gasteiger partial charge in [0, 0.05) is 24.5 Å². The fourth-order valence-electron chi connectivity index (χ4n) is 2.71. The Morgan fingerprint density at radius 2 is 2.00 bits per heavy atom. The number of allylic oxidation sites excluding steroid dienone is 2. The van der Waals surface area contributed by atoms with E-state index in [2.05, 4.69) is 27.7 Å². The van der Waals surface area contributed by atoms with Crippen molar-refractivity contribution in [1.82, 2.24) is 4.98 Å². The van der Waals surface area contributed by atoms with E-state index in [1.807, 2.05) is 6.21 Å². The molecule has 0 aromatic carbocycles. The number of hydrazone groups is 1. The van der Waals surface area contributed by atoms with Gasteiger partial charge in [-0.15, -0.1) is 0 Å². The molecular formula is C13H13Cl2N3. The Hall–Kier alpha value is -1.06. The summed E-state index contributed by atoms with van der Waals surface area (Å²) in [5.74, 6) is 1.94. The van der Waals surface area contributed by atoms with Crippen molar-refractivity contribution >= 4 is 35.1 Å². The van der Waals surface area contributed by atoms with Crippen LogP contribution in [0.2, 0.25) is 10.0 Å². The van der Waals surface area contributed by atoms with Crippen molar-refractivity contribution in [2.75, 3.05) is 5.43 Å². The van der Waals surface area contributed by atoms with Gasteiger partial charge in [-0.2, -0.15) is 5.10 Å². The fraction of sp³-hybridized carbons (Fsp3) is 0.385. The highest BCUT2D eigenvalue weighted by Crippen LogP contribution is 2.42. The van der Waals surface area contributed by atoms with Gasteiger partial charge < -0.3 is 0 Å². The first-order valence-electron chi connectivity index (χ1n) is 6.00. The molecule has 2 bridgehead atoms. The average Bonchev–Trinajstić information content (AvgIpc) is 2.95. The molecule has 0 saturated heterocycles. The molecule has 1 saturated carbocycles. The number of halogens is 2. The lowest BCUT2D eigenvalue weighted by molar-refractivity contribution is 0.594. The van der Waals surface area contributed by atoms with Gasteiger partial charge in [-0.3, -0.25) is 10.4 Å². The zero-order chi connectivity index (χ0) is 12.5. The van der Waals surface area contributed by atoms with Gasteiger partial charge in [0.2, 0.25) is 0 Å². The molecular weight excluding hydrogens is 269 g/mol. The van der Waals surface area contributed by atoms with Gasteiger partial charge in [0.05, 0.1) is 15.7 Å². The third-order valence-electron chi connectivity index (χ3n) is 3.63. The maximum Gasteiger partial charge on any atom is 0.0965 e. The molecule has 1 aromatic heterocycles. The molecule has 1 heterocycles. The van der Waals surface area contributed by atoms with Crippen molar-refractivity contribution in [2.45, 2.75) is 12.8 Å². The summed E-state index contributed by atoms with van der Waals surface area (Å²) in [6, 6.07) is 0. The zero-order valence-electron chi connectivity index (χ0n) is 9.68. The SMILES string of the molecule is Clc1cncc(Cl)c1N/N=C\[C@@H]1C[C@H]2C=C[C@H]1C2. The smallest absolute Gasteiger partial charge is 0.0965 e. The number of hydrogen-bond donors (Lipinski definition) is 1. The minimum Gasteiger partial charge on any atom is -0.276 e. The van der Waals surface area contributed by atoms with Crippen LogP contribution in [-0.2, 0) is 0 Å². The molecule has 94 valence electrons. The predicted molar refractivity (Wildman–Crippen MR) is 75.2 cm³/mol. The number of rotatable bonds is 3. The lowest BCUT2D eigenvalue weighted by Gasteiger charge is -2.12. The van der Waals surface area contributed by atoms with Crippen LogP contribution in [0.1, 0.15) is 12.8 Å². The monoisotopic (exact) mass is 281 g/mol. The molecule has 0 radical (unpaired) electrons. The van der Waals surface area contributed by atoms with Crippen LogP contribution in [-0.4, -0.2) is 11.2 Å². The van der Waals surface area contributed by atoms with Crippen LogP contribution in [0.4, 0.5) is 5.69 Å². The summed E-state index contributed by atoms with van der Waals surface area (Å²) in [7, 11) is 0. The van der Waals surface area contributed by atoms with E-state index in [0.717, 1.165) is 5.92 Å². The summed E-state index contributed by atoms with van der Waals surface area (Å²) in [6.45, 7) is 0. The summed E-state index contributed by atoms with van der Waals surface area (Å²) in [6.07, 6.45) is 12.2. The Balaban J connectivity index is 1.66. The zero-order valence-corrected chi connectivity index (χ0v) is 11.2. The number of aromatic nitrogens is 1. The molecule has 2 aliphatic rings. The van der Waals surface area contributed by atoms with Gasteiger partial charge in [0.1, 0.15) is 0 Å². The Labute approximate surface area is 116 Å². The van der Waals surface area contributed by atoms with Crippen LogP contribution in [0.3, 0.4) is 0 Å². The van der Waals surface area contributed by atoms with Gasteiger partial charge >= 0.3 is 0 Å². The quantitative estimate of drug-likeness (QED) is 0.517. The van der Waals surface area contributed by atoms with Crippen LogP contribution < -0.4 is 5.43 Å². The lowest BCUT2D eigenvalue weighted by atomic mass is 9.95. The van der Waals surface area contributed by atoms with E-state index in [1.165, 1.54) is 12.8 Å². The Kier molecular flexibility index (Phi) is 3.27. The van der Waals surface area contributed by atoms with E-state index < -0.39 is 0 Å². The van der Waals surface area contributed by atoms with Crippen molar-refractivity contribution in [2.24, 2.45) is 22.9 Å². The van der Waals surface area contributed by atoms with Crippen molar-refractivity contribution in [3.63, 3.8) is 0 Å². The second-order valence-electron chi connectivity index (χ2n) is 4.81. The van der Waals surface area contributed by atoms with Gasteiger partial charge in [-0.05, 0) is 24.7 Å². The summed E-state index contributed by atoms with van der Waals surface area (Å²) in [4.78, 5) is 3.90. The molecule has 0 amide bonds. The van der Waals surface area contributed by atoms with Crippen molar-refractivity contribution in [3.8, 4) is 0 Å². The molecule has 18 heavy (non-hydrogen) atoms. The molecule has 3 nitrogen and oxygen atoms in total. The lowest BCUT2D eigenvalue weighted by Crippen LogP contribution is -2.09. The van der Waals surface area contributed by atoms with E-state index in [0.29, 0.717) is 27.6 Å². The van der Waals surface area contributed by atoms with E-state index in [9.17, 15) is 0 Å². The Morgan fingerprint density at radius 1 is 1.22 bits per heavy atom. The topological polar surface area (TPSA) is 37.3 Å². The molecule has 1 aromatic rings. The third-order valence-corrected chi connectivity index (χ3v) is 4.20. The number of nitrogens with one attached hydrogen (secondary N) is 1. The average molecular weight is 282 g/mol. The van der Waals surface area contributed by atoms with E-state index in [4.69, 9.17) is 23.2 Å². The molecule has 2 aliphatic carbocycles. The van der Waals surface area contributed by atoms with E-state index in [1.54, 1.807) is 12.4 Å². The molecule has 0 spiro atoms. The molecule has 0 unspecified atom stereocenters. The Morgan fingerprint density at radius 3 is 2.61 bits per heavy atom. The molecule has 5 heteroatoms. The number of hydrogen-bond acceptors (Lipinski definition) is 3. The fourth-order valence-corrected chi connectivity index (χ4v) is 3.16. The number of anilines is 1. The summed E-state index contributed by atoms with van der Waals surface area (Å²) in [5, 5.41) is 5.22. The first-order valence-corrected chi connectivity index (χ1v) is 6.76. The second kappa shape index (κ2) is 4.90. The van der Waals surface area contributed by atoms with Crippen LogP contribution in [0.15, 0.2) is 29.6 Å². The summed E-state index contributed by atoms with van der Waals surface area (Å²) >= 11 is 12.0.